The van der Waals surface area contributed by atoms with Crippen molar-refractivity contribution in [2.24, 2.45) is 52.1 Å². The van der Waals surface area contributed by atoms with E-state index in [2.05, 4.69) is 33.0 Å². The fourth-order valence-corrected chi connectivity index (χ4v) is 9.93. The number of nitrogens with one attached hydrogen (secondary N) is 1. The number of ether oxygens (including phenoxy) is 2. The zero-order valence-corrected chi connectivity index (χ0v) is 24.9. The Bertz CT molecular complexity index is 934. The lowest BCUT2D eigenvalue weighted by atomic mass is 9.42. The maximum atomic E-state index is 11.9. The molecule has 4 N–H and O–H groups in total. The summed E-state index contributed by atoms with van der Waals surface area (Å²) < 4.78 is 12.0. The largest absolute Gasteiger partial charge is 0.494 e. The van der Waals surface area contributed by atoms with Gasteiger partial charge in [0.1, 0.15) is 6.10 Å². The molecule has 4 unspecified atom stereocenters. The Morgan fingerprint density at radius 1 is 1.16 bits per heavy atom. The van der Waals surface area contributed by atoms with Crippen LogP contribution in [0.25, 0.3) is 0 Å². The van der Waals surface area contributed by atoms with Crippen molar-refractivity contribution in [2.45, 2.75) is 123 Å². The second-order valence-electron chi connectivity index (χ2n) is 14.9. The van der Waals surface area contributed by atoms with E-state index in [1.54, 1.807) is 0 Å². The lowest BCUT2D eigenvalue weighted by molar-refractivity contribution is -0.133. The Hall–Kier alpha value is -1.27. The lowest BCUT2D eigenvalue weighted by Gasteiger charge is -2.64. The van der Waals surface area contributed by atoms with Gasteiger partial charge in [0.15, 0.2) is 0 Å². The van der Waals surface area contributed by atoms with Crippen molar-refractivity contribution in [3.63, 3.8) is 0 Å². The van der Waals surface area contributed by atoms with Gasteiger partial charge in [-0.2, -0.15) is 0 Å². The lowest BCUT2D eigenvalue weighted by Crippen LogP contribution is -2.66. The average Bonchev–Trinajstić information content (AvgIpc) is 3.29. The van der Waals surface area contributed by atoms with Crippen LogP contribution in [0.15, 0.2) is 11.3 Å². The average molecular weight is 531 g/mol. The first-order valence-electron chi connectivity index (χ1n) is 15.6. The number of allylic oxidation sites excluding steroid dienone is 1. The molecular weight excluding hydrogens is 476 g/mol. The van der Waals surface area contributed by atoms with Gasteiger partial charge in [-0.25, -0.2) is 4.79 Å². The zero-order valence-electron chi connectivity index (χ0n) is 24.9. The van der Waals surface area contributed by atoms with E-state index in [1.807, 2.05) is 13.8 Å². The number of amides is 1. The summed E-state index contributed by atoms with van der Waals surface area (Å²) in [7, 11) is 0. The summed E-state index contributed by atoms with van der Waals surface area (Å²) in [5.41, 5.74) is 9.26. The van der Waals surface area contributed by atoms with E-state index in [-0.39, 0.29) is 29.3 Å². The number of aliphatic hydroxyl groups is 1. The van der Waals surface area contributed by atoms with E-state index in [4.69, 9.17) is 15.2 Å². The number of alkyl carbamates (subject to hydrolysis) is 1. The topological polar surface area (TPSA) is 93.8 Å². The van der Waals surface area contributed by atoms with Gasteiger partial charge >= 0.3 is 6.09 Å². The van der Waals surface area contributed by atoms with Gasteiger partial charge in [0.2, 0.25) is 0 Å². The molecule has 0 aromatic carbocycles. The quantitative estimate of drug-likeness (QED) is 0.366. The molecule has 1 aliphatic heterocycles. The van der Waals surface area contributed by atoms with Crippen LogP contribution in [-0.2, 0) is 9.47 Å². The molecule has 0 saturated heterocycles. The molecular formula is C32H54N2O4. The van der Waals surface area contributed by atoms with Gasteiger partial charge in [0.25, 0.3) is 0 Å². The Labute approximate surface area is 230 Å². The first-order valence-corrected chi connectivity index (χ1v) is 15.6. The van der Waals surface area contributed by atoms with E-state index in [9.17, 15) is 9.90 Å². The van der Waals surface area contributed by atoms with Gasteiger partial charge in [-0.1, -0.05) is 34.6 Å². The highest BCUT2D eigenvalue weighted by atomic mass is 16.5. The van der Waals surface area contributed by atoms with Crippen LogP contribution in [0.4, 0.5) is 4.79 Å². The molecule has 6 nitrogen and oxygen atoms in total. The van der Waals surface area contributed by atoms with Crippen LogP contribution in [0.1, 0.15) is 106 Å². The van der Waals surface area contributed by atoms with Gasteiger partial charge in [-0.15, -0.1) is 0 Å². The summed E-state index contributed by atoms with van der Waals surface area (Å²) >= 11 is 0. The number of carbonyl (C=O) groups excluding carboxylic acids is 1. The summed E-state index contributed by atoms with van der Waals surface area (Å²) in [4.78, 5) is 11.9. The molecule has 5 aliphatic rings. The molecule has 0 bridgehead atoms. The van der Waals surface area contributed by atoms with Gasteiger partial charge in [-0.3, -0.25) is 0 Å². The first kappa shape index (κ1) is 28.3. The van der Waals surface area contributed by atoms with Crippen LogP contribution in [-0.4, -0.2) is 42.1 Å². The fraction of sp³-hybridized carbons (Fsp3) is 0.906. The Morgan fingerprint density at radius 3 is 2.66 bits per heavy atom. The molecule has 4 saturated carbocycles. The van der Waals surface area contributed by atoms with Crippen LogP contribution >= 0.6 is 0 Å². The molecule has 6 heteroatoms. The van der Waals surface area contributed by atoms with Crippen LogP contribution in [0, 0.1) is 46.3 Å². The van der Waals surface area contributed by atoms with E-state index < -0.39 is 0 Å². The predicted molar refractivity (Wildman–Crippen MR) is 150 cm³/mol. The van der Waals surface area contributed by atoms with Gasteiger partial charge in [0.05, 0.1) is 18.5 Å². The number of aliphatic hydroxyl groups excluding tert-OH is 1. The normalized spacial score (nSPS) is 44.6. The summed E-state index contributed by atoms with van der Waals surface area (Å²) in [5.74, 6) is 4.18. The van der Waals surface area contributed by atoms with Crippen molar-refractivity contribution >= 4 is 6.09 Å². The minimum atomic E-state index is -0.317. The third-order valence-corrected chi connectivity index (χ3v) is 12.2. The molecule has 1 heterocycles. The van der Waals surface area contributed by atoms with Crippen molar-refractivity contribution < 1.29 is 19.4 Å². The maximum absolute atomic E-state index is 11.9. The minimum absolute atomic E-state index is 0.0788. The predicted octanol–water partition coefficient (Wildman–Crippen LogP) is 6.17. The van der Waals surface area contributed by atoms with Crippen molar-refractivity contribution in [3.05, 3.63) is 11.3 Å². The molecule has 0 aromatic heterocycles. The highest BCUT2D eigenvalue weighted by Crippen LogP contribution is 2.70. The molecule has 4 fully saturated rings. The molecule has 0 spiro atoms. The molecule has 0 radical (unpaired) electrons. The highest BCUT2D eigenvalue weighted by molar-refractivity contribution is 5.67. The highest BCUT2D eigenvalue weighted by Gasteiger charge is 2.70. The van der Waals surface area contributed by atoms with Crippen molar-refractivity contribution in [2.75, 3.05) is 13.2 Å². The molecule has 38 heavy (non-hydrogen) atoms. The molecule has 4 aliphatic carbocycles. The molecule has 10 atom stereocenters. The van der Waals surface area contributed by atoms with Crippen LogP contribution in [0.2, 0.25) is 0 Å². The standard InChI is InChI=1S/C32H54N2O4/c1-19(2)18-37-29(36)34-17-20(3)7-10-26-21(4)28-27(38-26)16-32(33)25-9-8-22-15-23(35)11-13-30(22,5)24(25)12-14-31(28,32)6/h19-20,22-25,27-28,35H,7-18,33H2,1-6H3,(H,34,36)/t20-,22-,23?,24-,25?,27-,28?,30?,31+,32+/m0/s1. The van der Waals surface area contributed by atoms with Gasteiger partial charge in [-0.05, 0) is 104 Å². The van der Waals surface area contributed by atoms with Crippen molar-refractivity contribution in [1.29, 1.82) is 0 Å². The number of hydrogen-bond donors (Lipinski definition) is 3. The first-order chi connectivity index (χ1) is 17.9. The summed E-state index contributed by atoms with van der Waals surface area (Å²) in [5, 5.41) is 13.3. The summed E-state index contributed by atoms with van der Waals surface area (Å²) in [6.07, 6.45) is 10.6. The summed E-state index contributed by atoms with van der Waals surface area (Å²) in [6.45, 7) is 14.7. The number of rotatable bonds is 7. The molecule has 0 aromatic rings. The second kappa shape index (κ2) is 10.3. The number of hydrogen-bond acceptors (Lipinski definition) is 5. The van der Waals surface area contributed by atoms with E-state index in [0.717, 1.165) is 38.5 Å². The number of carbonyl (C=O) groups is 1. The zero-order chi connectivity index (χ0) is 27.5. The van der Waals surface area contributed by atoms with Crippen molar-refractivity contribution in [1.82, 2.24) is 5.32 Å². The number of nitrogens with two attached hydrogens (primary N) is 1. The SMILES string of the molecule is CC1=C(CC[C@H](C)CNC(=O)OCC(C)C)O[C@H]2C[C@@]3(N)C4CC[C@H]5CC(O)CCC5(C)[C@H]4CC[C@]3(C)C12. The third-order valence-electron chi connectivity index (χ3n) is 12.2. The van der Waals surface area contributed by atoms with Gasteiger partial charge < -0.3 is 25.6 Å². The Kier molecular flexibility index (Phi) is 7.65. The Morgan fingerprint density at radius 2 is 1.92 bits per heavy atom. The van der Waals surface area contributed by atoms with E-state index in [0.29, 0.717) is 54.1 Å². The van der Waals surface area contributed by atoms with E-state index in [1.165, 1.54) is 37.0 Å². The fourth-order valence-electron chi connectivity index (χ4n) is 9.93. The van der Waals surface area contributed by atoms with Crippen molar-refractivity contribution in [3.8, 4) is 0 Å². The monoisotopic (exact) mass is 530 g/mol. The van der Waals surface area contributed by atoms with Crippen LogP contribution in [0.5, 0.6) is 0 Å². The van der Waals surface area contributed by atoms with Crippen LogP contribution in [0.3, 0.4) is 0 Å². The van der Waals surface area contributed by atoms with Gasteiger partial charge in [0, 0.05) is 30.8 Å². The molecule has 216 valence electrons. The van der Waals surface area contributed by atoms with E-state index >= 15 is 0 Å². The van der Waals surface area contributed by atoms with Crippen LogP contribution < -0.4 is 11.1 Å². The minimum Gasteiger partial charge on any atom is -0.494 e. The second-order valence-corrected chi connectivity index (χ2v) is 14.9. The number of fused-ring (bicyclic) bond motifs is 7. The Balaban J connectivity index is 1.23. The summed E-state index contributed by atoms with van der Waals surface area (Å²) in [6, 6.07) is 0. The maximum Gasteiger partial charge on any atom is 0.407 e. The molecule has 5 rings (SSSR count). The third kappa shape index (κ3) is 4.60. The molecule has 1 amide bonds. The smallest absolute Gasteiger partial charge is 0.407 e.